The summed E-state index contributed by atoms with van der Waals surface area (Å²) in [4.78, 5) is 12.3. The maximum absolute atomic E-state index is 11.9. The Hall–Kier alpha value is -1.15. The number of fused-ring (bicyclic) bond motifs is 1. The zero-order valence-electron chi connectivity index (χ0n) is 10.7. The van der Waals surface area contributed by atoms with Gasteiger partial charge in [0.2, 0.25) is 4.96 Å². The summed E-state index contributed by atoms with van der Waals surface area (Å²) in [5.41, 5.74) is 1.04. The Morgan fingerprint density at radius 3 is 2.90 bits per heavy atom. The lowest BCUT2D eigenvalue weighted by molar-refractivity contribution is 0.803. The zero-order valence-corrected chi connectivity index (χ0v) is 13.9. The molecule has 9 heteroatoms. The van der Waals surface area contributed by atoms with E-state index >= 15 is 0 Å². The summed E-state index contributed by atoms with van der Waals surface area (Å²) in [7, 11) is 0. The number of aromatic nitrogens is 4. The molecule has 0 radical (unpaired) electrons. The van der Waals surface area contributed by atoms with E-state index in [0.29, 0.717) is 26.5 Å². The molecule has 2 aromatic heterocycles. The fourth-order valence-corrected chi connectivity index (χ4v) is 4.04. The van der Waals surface area contributed by atoms with Crippen LogP contribution in [0.3, 0.4) is 0 Å². The molecule has 0 aliphatic rings. The fourth-order valence-electron chi connectivity index (χ4n) is 1.61. The maximum Gasteiger partial charge on any atom is 0.296 e. The molecular weight excluding hydrogens is 351 g/mol. The topological polar surface area (TPSA) is 60.1 Å². The first kappa shape index (κ1) is 14.8. The highest BCUT2D eigenvalue weighted by Crippen LogP contribution is 2.30. The van der Waals surface area contributed by atoms with E-state index in [9.17, 15) is 4.79 Å². The number of rotatable bonds is 3. The Bertz CT molecular complexity index is 877. The van der Waals surface area contributed by atoms with E-state index in [1.807, 2.05) is 6.07 Å². The molecule has 0 fully saturated rings. The summed E-state index contributed by atoms with van der Waals surface area (Å²) in [6, 6.07) is 5.37. The molecule has 0 amide bonds. The van der Waals surface area contributed by atoms with E-state index in [0.717, 1.165) is 9.90 Å². The van der Waals surface area contributed by atoms with E-state index in [1.54, 1.807) is 19.1 Å². The first-order chi connectivity index (χ1) is 10.0. The minimum absolute atomic E-state index is 0.243. The summed E-state index contributed by atoms with van der Waals surface area (Å²) in [6.07, 6.45) is 0. The average molecular weight is 359 g/mol. The summed E-state index contributed by atoms with van der Waals surface area (Å²) >= 11 is 14.8. The molecule has 0 aliphatic carbocycles. The highest BCUT2D eigenvalue weighted by molar-refractivity contribution is 8.00. The van der Waals surface area contributed by atoms with Gasteiger partial charge in [0, 0.05) is 15.8 Å². The molecule has 3 aromatic rings. The van der Waals surface area contributed by atoms with Gasteiger partial charge in [-0.05, 0) is 24.6 Å². The van der Waals surface area contributed by atoms with Crippen molar-refractivity contribution in [1.82, 2.24) is 19.8 Å². The number of aryl methyl sites for hydroxylation is 1. The second-order valence-corrected chi connectivity index (χ2v) is 7.20. The van der Waals surface area contributed by atoms with E-state index in [2.05, 4.69) is 15.3 Å². The predicted molar refractivity (Wildman–Crippen MR) is 85.7 cm³/mol. The van der Waals surface area contributed by atoms with Gasteiger partial charge in [-0.15, -0.1) is 15.3 Å². The molecule has 5 nitrogen and oxygen atoms in total. The predicted octanol–water partition coefficient (Wildman–Crippen LogP) is 3.45. The van der Waals surface area contributed by atoms with Gasteiger partial charge in [-0.25, -0.2) is 0 Å². The van der Waals surface area contributed by atoms with E-state index < -0.39 is 0 Å². The van der Waals surface area contributed by atoms with Gasteiger partial charge in [-0.2, -0.15) is 4.52 Å². The van der Waals surface area contributed by atoms with Crippen LogP contribution in [0.25, 0.3) is 4.96 Å². The van der Waals surface area contributed by atoms with Crippen LogP contribution in [-0.2, 0) is 5.75 Å². The monoisotopic (exact) mass is 358 g/mol. The zero-order chi connectivity index (χ0) is 15.0. The number of benzene rings is 1. The SMILES string of the molecule is Cc1nnc2sc(SCc3ccc(Cl)cc3Cl)nn2c1=O. The summed E-state index contributed by atoms with van der Waals surface area (Å²) in [5, 5.41) is 13.2. The van der Waals surface area contributed by atoms with Crippen molar-refractivity contribution in [2.45, 2.75) is 17.0 Å². The van der Waals surface area contributed by atoms with Gasteiger partial charge >= 0.3 is 0 Å². The average Bonchev–Trinajstić information content (AvgIpc) is 2.86. The van der Waals surface area contributed by atoms with Gasteiger partial charge in [0.15, 0.2) is 4.34 Å². The van der Waals surface area contributed by atoms with Crippen LogP contribution in [0.4, 0.5) is 0 Å². The van der Waals surface area contributed by atoms with Gasteiger partial charge < -0.3 is 0 Å². The normalized spacial score (nSPS) is 11.2. The number of thioether (sulfide) groups is 1. The molecule has 0 aliphatic heterocycles. The van der Waals surface area contributed by atoms with Gasteiger partial charge in [0.1, 0.15) is 5.69 Å². The third-order valence-electron chi connectivity index (χ3n) is 2.70. The highest BCUT2D eigenvalue weighted by atomic mass is 35.5. The van der Waals surface area contributed by atoms with Crippen LogP contribution in [0, 0.1) is 6.92 Å². The molecule has 0 saturated carbocycles. The molecule has 0 atom stereocenters. The highest BCUT2D eigenvalue weighted by Gasteiger charge is 2.10. The van der Waals surface area contributed by atoms with Crippen molar-refractivity contribution in [3.05, 3.63) is 49.9 Å². The molecule has 0 spiro atoms. The van der Waals surface area contributed by atoms with Crippen molar-refractivity contribution in [2.75, 3.05) is 0 Å². The van der Waals surface area contributed by atoms with Crippen LogP contribution in [0.1, 0.15) is 11.3 Å². The van der Waals surface area contributed by atoms with Crippen molar-refractivity contribution >= 4 is 51.3 Å². The lowest BCUT2D eigenvalue weighted by atomic mass is 10.2. The van der Waals surface area contributed by atoms with Crippen LogP contribution in [-0.4, -0.2) is 19.8 Å². The number of hydrogen-bond donors (Lipinski definition) is 0. The Morgan fingerprint density at radius 2 is 2.14 bits per heavy atom. The van der Waals surface area contributed by atoms with Crippen LogP contribution in [0.2, 0.25) is 10.0 Å². The summed E-state index contributed by atoms with van der Waals surface area (Å²) in [5.74, 6) is 0.636. The molecule has 21 heavy (non-hydrogen) atoms. The first-order valence-electron chi connectivity index (χ1n) is 5.84. The van der Waals surface area contributed by atoms with E-state index in [1.165, 1.54) is 27.6 Å². The van der Waals surface area contributed by atoms with Crippen LogP contribution < -0.4 is 5.56 Å². The lowest BCUT2D eigenvalue weighted by Gasteiger charge is -2.02. The summed E-state index contributed by atoms with van der Waals surface area (Å²) in [6.45, 7) is 1.61. The molecule has 108 valence electrons. The molecule has 0 bridgehead atoms. The Balaban J connectivity index is 1.85. The Kier molecular flexibility index (Phi) is 4.17. The molecule has 1 aromatic carbocycles. The first-order valence-corrected chi connectivity index (χ1v) is 8.40. The van der Waals surface area contributed by atoms with Crippen molar-refractivity contribution in [3.63, 3.8) is 0 Å². The second-order valence-electron chi connectivity index (χ2n) is 4.18. The van der Waals surface area contributed by atoms with Crippen molar-refractivity contribution < 1.29 is 0 Å². The maximum atomic E-state index is 11.9. The number of nitrogens with zero attached hydrogens (tertiary/aromatic N) is 4. The third kappa shape index (κ3) is 3.06. The Labute approximate surface area is 137 Å². The minimum Gasteiger partial charge on any atom is -0.265 e. The van der Waals surface area contributed by atoms with Crippen molar-refractivity contribution in [2.24, 2.45) is 0 Å². The molecule has 2 heterocycles. The molecule has 0 unspecified atom stereocenters. The van der Waals surface area contributed by atoms with Crippen molar-refractivity contribution in [1.29, 1.82) is 0 Å². The van der Waals surface area contributed by atoms with Crippen LogP contribution in [0.5, 0.6) is 0 Å². The van der Waals surface area contributed by atoms with Gasteiger partial charge in [0.25, 0.3) is 5.56 Å². The fraction of sp³-hybridized carbons (Fsp3) is 0.167. The van der Waals surface area contributed by atoms with E-state index in [4.69, 9.17) is 23.2 Å². The standard InChI is InChI=1S/C12H8Cl2N4OS2/c1-6-10(19)18-11(16-15-6)21-12(17-18)20-5-7-2-3-8(13)4-9(7)14/h2-4H,5H2,1H3. The third-order valence-corrected chi connectivity index (χ3v) is 5.36. The number of halogens is 2. The van der Waals surface area contributed by atoms with Crippen LogP contribution >= 0.6 is 46.3 Å². The number of hydrogen-bond acceptors (Lipinski definition) is 6. The smallest absolute Gasteiger partial charge is 0.265 e. The Morgan fingerprint density at radius 1 is 1.33 bits per heavy atom. The largest absolute Gasteiger partial charge is 0.296 e. The molecule has 0 N–H and O–H groups in total. The van der Waals surface area contributed by atoms with Gasteiger partial charge in [-0.1, -0.05) is 52.4 Å². The summed E-state index contributed by atoms with van der Waals surface area (Å²) < 4.78 is 2.01. The quantitative estimate of drug-likeness (QED) is 0.671. The minimum atomic E-state index is -0.243. The second kappa shape index (κ2) is 5.92. The molecular formula is C12H8Cl2N4OS2. The van der Waals surface area contributed by atoms with E-state index in [-0.39, 0.29) is 5.56 Å². The van der Waals surface area contributed by atoms with Gasteiger partial charge in [0.05, 0.1) is 0 Å². The van der Waals surface area contributed by atoms with Crippen LogP contribution in [0.15, 0.2) is 27.3 Å². The lowest BCUT2D eigenvalue weighted by Crippen LogP contribution is -2.19. The molecule has 0 saturated heterocycles. The van der Waals surface area contributed by atoms with Crippen molar-refractivity contribution in [3.8, 4) is 0 Å². The molecule has 3 rings (SSSR count). The van der Waals surface area contributed by atoms with Gasteiger partial charge in [-0.3, -0.25) is 4.79 Å².